The van der Waals surface area contributed by atoms with Crippen LogP contribution in [0.1, 0.15) is 30.4 Å². The van der Waals surface area contributed by atoms with Crippen molar-refractivity contribution in [3.8, 4) is 0 Å². The first kappa shape index (κ1) is 14.1. The second-order valence-electron chi connectivity index (χ2n) is 6.14. The highest BCUT2D eigenvalue weighted by Gasteiger charge is 2.34. The summed E-state index contributed by atoms with van der Waals surface area (Å²) in [6.45, 7) is 4.05. The zero-order chi connectivity index (χ0) is 15.8. The van der Waals surface area contributed by atoms with Gasteiger partial charge in [0.15, 0.2) is 11.7 Å². The Kier molecular flexibility index (Phi) is 3.41. The molecule has 0 fully saturated rings. The molecule has 1 aromatic heterocycles. The van der Waals surface area contributed by atoms with Crippen molar-refractivity contribution in [1.29, 1.82) is 0 Å². The van der Waals surface area contributed by atoms with Gasteiger partial charge in [0, 0.05) is 13.6 Å². The molecule has 2 aromatic rings. The first-order chi connectivity index (χ1) is 11.2. The SMILES string of the molecule is CC[C@@H]1CN2CN(C)c3nc(/C=C/c4ccccc4)[nH]c3C2=N1. The van der Waals surface area contributed by atoms with Gasteiger partial charge in [-0.25, -0.2) is 4.98 Å². The van der Waals surface area contributed by atoms with Crippen LogP contribution in [0, 0.1) is 0 Å². The van der Waals surface area contributed by atoms with Crippen LogP contribution in [0.15, 0.2) is 35.3 Å². The van der Waals surface area contributed by atoms with Crippen LogP contribution < -0.4 is 4.90 Å². The molecule has 1 N–H and O–H groups in total. The van der Waals surface area contributed by atoms with Crippen molar-refractivity contribution in [2.45, 2.75) is 19.4 Å². The summed E-state index contributed by atoms with van der Waals surface area (Å²) in [5.41, 5.74) is 2.21. The maximum atomic E-state index is 4.86. The van der Waals surface area contributed by atoms with Gasteiger partial charge in [0.25, 0.3) is 0 Å². The molecule has 1 atom stereocenters. The number of imidazole rings is 1. The Hall–Kier alpha value is -2.56. The van der Waals surface area contributed by atoms with Gasteiger partial charge in [-0.05, 0) is 18.1 Å². The van der Waals surface area contributed by atoms with E-state index in [1.807, 2.05) is 24.3 Å². The molecule has 0 unspecified atom stereocenters. The van der Waals surface area contributed by atoms with Crippen LogP contribution in [0.2, 0.25) is 0 Å². The normalized spacial score (nSPS) is 19.9. The van der Waals surface area contributed by atoms with Gasteiger partial charge in [-0.1, -0.05) is 43.3 Å². The minimum absolute atomic E-state index is 0.399. The molecule has 0 saturated heterocycles. The van der Waals surface area contributed by atoms with E-state index >= 15 is 0 Å². The summed E-state index contributed by atoms with van der Waals surface area (Å²) < 4.78 is 0. The monoisotopic (exact) mass is 307 g/mol. The molecule has 0 amide bonds. The predicted molar refractivity (Wildman–Crippen MR) is 94.5 cm³/mol. The van der Waals surface area contributed by atoms with E-state index in [1.165, 1.54) is 5.56 Å². The van der Waals surface area contributed by atoms with Gasteiger partial charge in [0.2, 0.25) is 0 Å². The third kappa shape index (κ3) is 2.52. The molecule has 2 aliphatic heterocycles. The number of nitrogens with one attached hydrogen (secondary N) is 1. The van der Waals surface area contributed by atoms with E-state index in [2.05, 4.69) is 47.0 Å². The number of aromatic amines is 1. The lowest BCUT2D eigenvalue weighted by Crippen LogP contribution is -2.44. The van der Waals surface area contributed by atoms with Crippen LogP contribution in [0.5, 0.6) is 0 Å². The number of H-pyrrole nitrogens is 1. The van der Waals surface area contributed by atoms with E-state index in [0.29, 0.717) is 6.04 Å². The Morgan fingerprint density at radius 3 is 2.87 bits per heavy atom. The summed E-state index contributed by atoms with van der Waals surface area (Å²) in [5, 5.41) is 0. The molecule has 4 rings (SSSR count). The number of aliphatic imine (C=N–C) groups is 1. The molecule has 1 aromatic carbocycles. The zero-order valence-electron chi connectivity index (χ0n) is 13.5. The lowest BCUT2D eigenvalue weighted by atomic mass is 10.2. The van der Waals surface area contributed by atoms with E-state index in [1.54, 1.807) is 0 Å². The summed E-state index contributed by atoms with van der Waals surface area (Å²) in [5.74, 6) is 2.93. The lowest BCUT2D eigenvalue weighted by Gasteiger charge is -2.32. The van der Waals surface area contributed by atoms with Crippen LogP contribution in [0.25, 0.3) is 12.2 Å². The standard InChI is InChI=1S/C18H21N5/c1-3-14-11-23-12-22(2)17-16(18(23)19-14)20-15(21-17)10-9-13-7-5-4-6-8-13/h4-10,14H,3,11-12H2,1-2H3,(H,20,21)/b10-9+/t14-/m1/s1. The van der Waals surface area contributed by atoms with Crippen molar-refractivity contribution in [2.24, 2.45) is 4.99 Å². The number of benzene rings is 1. The number of fused-ring (bicyclic) bond motifs is 3. The van der Waals surface area contributed by atoms with Crippen molar-refractivity contribution in [1.82, 2.24) is 14.9 Å². The van der Waals surface area contributed by atoms with Crippen molar-refractivity contribution >= 4 is 23.8 Å². The van der Waals surface area contributed by atoms with Crippen LogP contribution in [-0.2, 0) is 0 Å². The van der Waals surface area contributed by atoms with Crippen LogP contribution in [0.3, 0.4) is 0 Å². The molecular weight excluding hydrogens is 286 g/mol. The van der Waals surface area contributed by atoms with Gasteiger partial charge in [-0.3, -0.25) is 4.99 Å². The van der Waals surface area contributed by atoms with Crippen LogP contribution >= 0.6 is 0 Å². The highest BCUT2D eigenvalue weighted by molar-refractivity contribution is 6.04. The Morgan fingerprint density at radius 2 is 2.09 bits per heavy atom. The Morgan fingerprint density at radius 1 is 1.26 bits per heavy atom. The van der Waals surface area contributed by atoms with Crippen molar-refractivity contribution < 1.29 is 0 Å². The molecule has 23 heavy (non-hydrogen) atoms. The third-order valence-corrected chi connectivity index (χ3v) is 4.41. The Balaban J connectivity index is 1.66. The lowest BCUT2D eigenvalue weighted by molar-refractivity contribution is 0.414. The number of aromatic nitrogens is 2. The summed E-state index contributed by atoms with van der Waals surface area (Å²) in [4.78, 5) is 17.5. The highest BCUT2D eigenvalue weighted by atomic mass is 15.4. The minimum atomic E-state index is 0.399. The maximum absolute atomic E-state index is 4.86. The molecular formula is C18H21N5. The molecule has 5 nitrogen and oxygen atoms in total. The second-order valence-corrected chi connectivity index (χ2v) is 6.14. The third-order valence-electron chi connectivity index (χ3n) is 4.41. The Bertz CT molecular complexity index is 759. The molecule has 5 heteroatoms. The number of hydrogen-bond donors (Lipinski definition) is 1. The fourth-order valence-electron chi connectivity index (χ4n) is 3.16. The molecule has 0 spiro atoms. The van der Waals surface area contributed by atoms with E-state index in [4.69, 9.17) is 9.98 Å². The molecule has 0 saturated carbocycles. The first-order valence-electron chi connectivity index (χ1n) is 8.12. The zero-order valence-corrected chi connectivity index (χ0v) is 13.5. The van der Waals surface area contributed by atoms with Crippen molar-refractivity contribution in [3.63, 3.8) is 0 Å². The van der Waals surface area contributed by atoms with Gasteiger partial charge in [0.1, 0.15) is 11.5 Å². The van der Waals surface area contributed by atoms with Gasteiger partial charge in [-0.2, -0.15) is 0 Å². The first-order valence-corrected chi connectivity index (χ1v) is 8.12. The van der Waals surface area contributed by atoms with Gasteiger partial charge in [0.05, 0.1) is 12.7 Å². The number of nitrogens with zero attached hydrogens (tertiary/aromatic N) is 4. The predicted octanol–water partition coefficient (Wildman–Crippen LogP) is 2.83. The van der Waals surface area contributed by atoms with E-state index in [-0.39, 0.29) is 0 Å². The fraction of sp³-hybridized carbons (Fsp3) is 0.333. The molecule has 2 aliphatic rings. The largest absolute Gasteiger partial charge is 0.340 e. The summed E-state index contributed by atoms with van der Waals surface area (Å²) >= 11 is 0. The summed E-state index contributed by atoms with van der Waals surface area (Å²) in [6, 6.07) is 10.7. The minimum Gasteiger partial charge on any atom is -0.340 e. The Labute approximate surface area is 136 Å². The van der Waals surface area contributed by atoms with Crippen molar-refractivity contribution in [2.75, 3.05) is 25.2 Å². The van der Waals surface area contributed by atoms with E-state index < -0.39 is 0 Å². The molecule has 3 heterocycles. The number of anilines is 1. The smallest absolute Gasteiger partial charge is 0.159 e. The van der Waals surface area contributed by atoms with E-state index in [0.717, 1.165) is 42.8 Å². The van der Waals surface area contributed by atoms with E-state index in [9.17, 15) is 0 Å². The topological polar surface area (TPSA) is 47.5 Å². The average Bonchev–Trinajstić information content (AvgIpc) is 3.17. The van der Waals surface area contributed by atoms with Gasteiger partial charge < -0.3 is 14.8 Å². The number of rotatable bonds is 3. The maximum Gasteiger partial charge on any atom is 0.159 e. The van der Waals surface area contributed by atoms with Crippen LogP contribution in [-0.4, -0.2) is 47.0 Å². The summed E-state index contributed by atoms with van der Waals surface area (Å²) in [6.07, 6.45) is 5.18. The molecule has 0 radical (unpaired) electrons. The summed E-state index contributed by atoms with van der Waals surface area (Å²) in [7, 11) is 2.08. The van der Waals surface area contributed by atoms with Crippen molar-refractivity contribution in [3.05, 3.63) is 47.4 Å². The quantitative estimate of drug-likeness (QED) is 0.948. The highest BCUT2D eigenvalue weighted by Crippen LogP contribution is 2.29. The molecule has 0 bridgehead atoms. The van der Waals surface area contributed by atoms with Gasteiger partial charge in [-0.15, -0.1) is 0 Å². The van der Waals surface area contributed by atoms with Gasteiger partial charge >= 0.3 is 0 Å². The molecule has 0 aliphatic carbocycles. The van der Waals surface area contributed by atoms with Crippen LogP contribution in [0.4, 0.5) is 5.82 Å². The fourth-order valence-corrected chi connectivity index (χ4v) is 3.16. The molecule has 118 valence electrons. The second kappa shape index (κ2) is 5.57. The number of hydrogen-bond acceptors (Lipinski definition) is 4. The average molecular weight is 307 g/mol. The number of amidine groups is 1.